The summed E-state index contributed by atoms with van der Waals surface area (Å²) in [6.45, 7) is 1.70. The second-order valence-electron chi connectivity index (χ2n) is 12.1. The number of hydrogen-bond acceptors (Lipinski definition) is 10. The van der Waals surface area contributed by atoms with Crippen LogP contribution in [0.5, 0.6) is 0 Å². The summed E-state index contributed by atoms with van der Waals surface area (Å²) in [5, 5.41) is 46.4. The second-order valence-corrected chi connectivity index (χ2v) is 18.6. The lowest BCUT2D eigenvalue weighted by Gasteiger charge is -2.28. The number of aliphatic hydroxyl groups excluding tert-OH is 2. The molecule has 306 valence electrons. The molecule has 2 aromatic rings. The number of carbonyl (C=O) groups excluding carboxylic acids is 6. The zero-order valence-electron chi connectivity index (χ0n) is 30.0. The van der Waals surface area contributed by atoms with Crippen molar-refractivity contribution in [2.45, 2.75) is 64.6 Å². The molecule has 0 saturated carbocycles. The Bertz CT molecular complexity index is 1820. The Balaban J connectivity index is 2.09. The molecular weight excluding hydrogens is 1420 g/mol. The molecule has 2 unspecified atom stereocenters. The largest absolute Gasteiger partial charge is 0.478 e. The Kier molecular flexibility index (Phi) is 21.0. The van der Waals surface area contributed by atoms with Crippen molar-refractivity contribution in [1.82, 2.24) is 10.6 Å². The lowest BCUT2D eigenvalue weighted by atomic mass is 10.0. The van der Waals surface area contributed by atoms with Crippen molar-refractivity contribution >= 4 is 194 Å². The van der Waals surface area contributed by atoms with E-state index in [0.717, 1.165) is 9.80 Å². The van der Waals surface area contributed by atoms with Crippen LogP contribution < -0.4 is 20.4 Å². The van der Waals surface area contributed by atoms with Gasteiger partial charge in [0.1, 0.15) is 11.6 Å². The monoisotopic (exact) mass is 1450 g/mol. The molecule has 0 bridgehead atoms. The molecule has 6 N–H and O–H groups in total. The fourth-order valence-corrected chi connectivity index (χ4v) is 14.9. The van der Waals surface area contributed by atoms with E-state index in [9.17, 15) is 58.8 Å². The molecular formula is C34H36I6N4O12. The SMILES string of the molecule is CNC(=O)c1c(I)c(C(=O)O)c(I)c(N(CC(O)CC(=O)CCCCC(=O)CC(O)CN(C(C)=O)c2c(I)c(C(=O)O)c(I)c(C(=O)NC)c2I)C(C)=O)c1I. The van der Waals surface area contributed by atoms with Crippen LogP contribution in [0.1, 0.15) is 93.8 Å². The smallest absolute Gasteiger partial charge is 0.337 e. The molecule has 56 heavy (non-hydrogen) atoms. The fourth-order valence-electron chi connectivity index (χ4n) is 5.48. The number of rotatable bonds is 19. The van der Waals surface area contributed by atoms with E-state index in [1.807, 2.05) is 45.2 Å². The maximum atomic E-state index is 12.8. The first kappa shape index (κ1) is 51.0. The number of carboxylic acid groups (broad SMARTS) is 2. The Morgan fingerprint density at radius 3 is 1.07 bits per heavy atom. The number of halogens is 6. The van der Waals surface area contributed by atoms with E-state index in [1.165, 1.54) is 27.9 Å². The number of carbonyl (C=O) groups is 8. The molecule has 2 aromatic carbocycles. The van der Waals surface area contributed by atoms with Gasteiger partial charge in [-0.3, -0.25) is 28.8 Å². The highest BCUT2D eigenvalue weighted by Gasteiger charge is 2.34. The highest BCUT2D eigenvalue weighted by molar-refractivity contribution is 14.1. The summed E-state index contributed by atoms with van der Waals surface area (Å²) >= 11 is 10.8. The van der Waals surface area contributed by atoms with Crippen molar-refractivity contribution in [2.24, 2.45) is 0 Å². The number of hydrogen-bond donors (Lipinski definition) is 6. The predicted octanol–water partition coefficient (Wildman–Crippen LogP) is 5.04. The summed E-state index contributed by atoms with van der Waals surface area (Å²) in [7, 11) is 2.77. The van der Waals surface area contributed by atoms with Crippen LogP contribution in [0.15, 0.2) is 0 Å². The predicted molar refractivity (Wildman–Crippen MR) is 256 cm³/mol. The van der Waals surface area contributed by atoms with Crippen LogP contribution in [0.2, 0.25) is 0 Å². The van der Waals surface area contributed by atoms with Gasteiger partial charge in [-0.05, 0) is 148 Å². The average Bonchev–Trinajstić information content (AvgIpc) is 3.08. The number of amides is 4. The van der Waals surface area contributed by atoms with Crippen molar-refractivity contribution in [3.05, 3.63) is 43.7 Å². The number of aliphatic hydroxyl groups is 2. The highest BCUT2D eigenvalue weighted by atomic mass is 127. The van der Waals surface area contributed by atoms with Crippen LogP contribution in [0.3, 0.4) is 0 Å². The quantitative estimate of drug-likeness (QED) is 0.0801. The van der Waals surface area contributed by atoms with E-state index >= 15 is 0 Å². The minimum atomic E-state index is -1.34. The summed E-state index contributed by atoms with van der Waals surface area (Å²) in [4.78, 5) is 103. The molecule has 2 rings (SSSR count). The van der Waals surface area contributed by atoms with Gasteiger partial charge in [-0.15, -0.1) is 0 Å². The van der Waals surface area contributed by atoms with E-state index in [1.54, 1.807) is 90.4 Å². The van der Waals surface area contributed by atoms with Crippen LogP contribution in [-0.2, 0) is 19.2 Å². The van der Waals surface area contributed by atoms with Crippen LogP contribution in [0.4, 0.5) is 11.4 Å². The van der Waals surface area contributed by atoms with Gasteiger partial charge >= 0.3 is 11.9 Å². The van der Waals surface area contributed by atoms with Crippen molar-refractivity contribution in [2.75, 3.05) is 37.0 Å². The molecule has 0 aliphatic rings. The van der Waals surface area contributed by atoms with E-state index in [2.05, 4.69) is 10.6 Å². The zero-order valence-corrected chi connectivity index (χ0v) is 43.0. The molecule has 22 heteroatoms. The number of nitrogens with one attached hydrogen (secondary N) is 2. The topological polar surface area (TPSA) is 248 Å². The van der Waals surface area contributed by atoms with Crippen LogP contribution in [0.25, 0.3) is 0 Å². The number of carboxylic acids is 2. The minimum absolute atomic E-state index is 0.00305. The summed E-state index contributed by atoms with van der Waals surface area (Å²) in [5.74, 6) is -5.57. The third kappa shape index (κ3) is 12.7. The standard InChI is InChI=1S/C34H36I6N4O12/c1-13(45)43(29-25(37)19(31(51)41-3)23(35)21(27(29)39)33(53)54)11-17(49)9-15(47)7-5-6-8-16(48)10-18(50)12-44(14(2)46)30-26(38)20(32(52)42-4)24(36)22(28(30)40)34(55)56/h17-18,49-50H,5-12H2,1-4H3,(H,41,51)(H,42,52)(H,53,54)(H,55,56). The molecule has 0 aromatic heterocycles. The van der Waals surface area contributed by atoms with Crippen molar-refractivity contribution in [3.8, 4) is 0 Å². The van der Waals surface area contributed by atoms with Gasteiger partial charge in [-0.1, -0.05) is 0 Å². The van der Waals surface area contributed by atoms with Gasteiger partial charge in [0, 0.05) is 60.8 Å². The third-order valence-corrected chi connectivity index (χ3v) is 14.5. The maximum absolute atomic E-state index is 12.8. The third-order valence-electron chi connectivity index (χ3n) is 8.10. The number of anilines is 2. The number of nitrogens with zero attached hydrogens (tertiary/aromatic N) is 2. The van der Waals surface area contributed by atoms with Gasteiger partial charge in [0.25, 0.3) is 11.8 Å². The van der Waals surface area contributed by atoms with Crippen molar-refractivity contribution in [3.63, 3.8) is 0 Å². The number of benzene rings is 2. The van der Waals surface area contributed by atoms with Crippen LogP contribution in [-0.4, -0.2) is 107 Å². The molecule has 0 saturated heterocycles. The minimum Gasteiger partial charge on any atom is -0.478 e. The van der Waals surface area contributed by atoms with Gasteiger partial charge in [-0.25, -0.2) is 9.59 Å². The van der Waals surface area contributed by atoms with E-state index in [-0.39, 0.29) is 111 Å². The molecule has 0 aliphatic carbocycles. The number of ketones is 2. The molecule has 0 aliphatic heterocycles. The normalized spacial score (nSPS) is 12.0. The maximum Gasteiger partial charge on any atom is 0.337 e. The number of Topliss-reactive ketones (excluding diaryl/α,β-unsaturated/α-hetero) is 2. The van der Waals surface area contributed by atoms with Crippen molar-refractivity contribution in [1.29, 1.82) is 0 Å². The fraction of sp³-hybridized carbons (Fsp3) is 0.412. The Morgan fingerprint density at radius 2 is 0.821 bits per heavy atom. The summed E-state index contributed by atoms with van der Waals surface area (Å²) < 4.78 is 1.29. The van der Waals surface area contributed by atoms with Gasteiger partial charge in [0.2, 0.25) is 11.8 Å². The molecule has 0 spiro atoms. The Morgan fingerprint density at radius 1 is 0.536 bits per heavy atom. The van der Waals surface area contributed by atoms with Gasteiger partial charge in [0.15, 0.2) is 0 Å². The number of unbranched alkanes of at least 4 members (excludes halogenated alkanes) is 1. The average molecular weight is 1450 g/mol. The van der Waals surface area contributed by atoms with Gasteiger partial charge < -0.3 is 40.9 Å². The lowest BCUT2D eigenvalue weighted by molar-refractivity contribution is -0.123. The van der Waals surface area contributed by atoms with E-state index in [0.29, 0.717) is 7.14 Å². The van der Waals surface area contributed by atoms with Crippen LogP contribution >= 0.6 is 136 Å². The first-order valence-electron chi connectivity index (χ1n) is 16.3. The summed E-state index contributed by atoms with van der Waals surface area (Å²) in [5.41, 5.74) is -0.0187. The van der Waals surface area contributed by atoms with Crippen LogP contribution in [0, 0.1) is 21.4 Å². The van der Waals surface area contributed by atoms with E-state index in [4.69, 9.17) is 0 Å². The second kappa shape index (κ2) is 23.0. The Hall–Kier alpha value is -1.10. The van der Waals surface area contributed by atoms with E-state index < -0.39 is 47.8 Å². The first-order valence-corrected chi connectivity index (χ1v) is 22.8. The molecule has 0 radical (unpaired) electrons. The first-order chi connectivity index (χ1) is 26.0. The summed E-state index contributed by atoms with van der Waals surface area (Å²) in [6.07, 6.45) is -2.83. The number of aromatic carboxylic acids is 2. The van der Waals surface area contributed by atoms with Gasteiger partial charge in [0.05, 0.1) is 73.2 Å². The summed E-state index contributed by atoms with van der Waals surface area (Å²) in [6, 6.07) is 0. The van der Waals surface area contributed by atoms with Crippen molar-refractivity contribution < 1.29 is 58.8 Å². The molecule has 2 atom stereocenters. The molecule has 0 heterocycles. The molecule has 4 amide bonds. The zero-order chi connectivity index (χ0) is 42.9. The lowest BCUT2D eigenvalue weighted by Crippen LogP contribution is -2.39. The Labute approximate surface area is 403 Å². The van der Waals surface area contributed by atoms with Gasteiger partial charge in [-0.2, -0.15) is 0 Å². The molecule has 0 fully saturated rings. The molecule has 16 nitrogen and oxygen atoms in total. The highest BCUT2D eigenvalue weighted by Crippen LogP contribution is 2.40.